The van der Waals surface area contributed by atoms with Gasteiger partial charge in [0.25, 0.3) is 0 Å². The summed E-state index contributed by atoms with van der Waals surface area (Å²) in [6.45, 7) is 5.09. The van der Waals surface area contributed by atoms with Crippen molar-refractivity contribution in [1.82, 2.24) is 15.1 Å². The molecule has 1 rings (SSSR count). The number of nitrogens with one attached hydrogen (secondary N) is 1. The van der Waals surface area contributed by atoms with E-state index in [-0.39, 0.29) is 6.10 Å². The van der Waals surface area contributed by atoms with E-state index in [1.165, 1.54) is 0 Å². The second-order valence-corrected chi connectivity index (χ2v) is 4.05. The minimum Gasteiger partial charge on any atom is -0.374 e. The SMILES string of the molecule is CNCC(OC)c1cc(C(C)C)nn1C. The molecule has 0 radical (unpaired) electrons. The normalized spacial score (nSPS) is 13.5. The number of hydrogen-bond acceptors (Lipinski definition) is 3. The molecule has 0 aliphatic rings. The fraction of sp³-hybridized carbons (Fsp3) is 0.727. The predicted molar refractivity (Wildman–Crippen MR) is 61.0 cm³/mol. The molecular weight excluding hydrogens is 190 g/mol. The molecule has 86 valence electrons. The number of nitrogens with zero attached hydrogens (tertiary/aromatic N) is 2. The maximum atomic E-state index is 5.43. The highest BCUT2D eigenvalue weighted by Gasteiger charge is 2.16. The molecular formula is C11H21N3O. The third-order valence-corrected chi connectivity index (χ3v) is 2.53. The van der Waals surface area contributed by atoms with Gasteiger partial charge in [-0.1, -0.05) is 13.8 Å². The summed E-state index contributed by atoms with van der Waals surface area (Å²) in [5.74, 6) is 0.456. The van der Waals surface area contributed by atoms with Crippen LogP contribution in [-0.2, 0) is 11.8 Å². The van der Waals surface area contributed by atoms with Gasteiger partial charge in [0.05, 0.1) is 11.4 Å². The molecule has 4 heteroatoms. The summed E-state index contributed by atoms with van der Waals surface area (Å²) < 4.78 is 7.33. The molecule has 15 heavy (non-hydrogen) atoms. The van der Waals surface area contributed by atoms with Crippen molar-refractivity contribution < 1.29 is 4.74 Å². The molecule has 0 fully saturated rings. The monoisotopic (exact) mass is 211 g/mol. The van der Waals surface area contributed by atoms with E-state index in [2.05, 4.69) is 30.3 Å². The molecule has 0 aliphatic carbocycles. The second kappa shape index (κ2) is 5.28. The lowest BCUT2D eigenvalue weighted by Crippen LogP contribution is -2.20. The molecule has 0 saturated carbocycles. The van der Waals surface area contributed by atoms with Crippen molar-refractivity contribution in [2.24, 2.45) is 7.05 Å². The molecule has 1 N–H and O–H groups in total. The van der Waals surface area contributed by atoms with Crippen LogP contribution in [0.4, 0.5) is 0 Å². The van der Waals surface area contributed by atoms with E-state index in [0.29, 0.717) is 5.92 Å². The van der Waals surface area contributed by atoms with E-state index < -0.39 is 0 Å². The van der Waals surface area contributed by atoms with Crippen molar-refractivity contribution in [3.05, 3.63) is 17.5 Å². The molecule has 1 aromatic heterocycles. The van der Waals surface area contributed by atoms with Gasteiger partial charge in [-0.25, -0.2) is 0 Å². The lowest BCUT2D eigenvalue weighted by Gasteiger charge is -2.14. The predicted octanol–water partition coefficient (Wildman–Crippen LogP) is 1.45. The zero-order chi connectivity index (χ0) is 11.4. The highest BCUT2D eigenvalue weighted by Crippen LogP contribution is 2.20. The van der Waals surface area contributed by atoms with Crippen LogP contribution in [0.5, 0.6) is 0 Å². The Morgan fingerprint density at radius 1 is 1.53 bits per heavy atom. The molecule has 1 aromatic rings. The Hall–Kier alpha value is -0.870. The molecule has 1 heterocycles. The third kappa shape index (κ3) is 2.79. The molecule has 0 bridgehead atoms. The molecule has 1 atom stereocenters. The third-order valence-electron chi connectivity index (χ3n) is 2.53. The summed E-state index contributed by atoms with van der Waals surface area (Å²) in [5.41, 5.74) is 2.24. The first-order chi connectivity index (χ1) is 7.10. The van der Waals surface area contributed by atoms with E-state index in [0.717, 1.165) is 17.9 Å². The average Bonchev–Trinajstić information content (AvgIpc) is 2.57. The van der Waals surface area contributed by atoms with E-state index in [1.54, 1.807) is 7.11 Å². The second-order valence-electron chi connectivity index (χ2n) is 4.05. The number of aryl methyl sites for hydroxylation is 1. The molecule has 4 nitrogen and oxygen atoms in total. The molecule has 0 spiro atoms. The van der Waals surface area contributed by atoms with Gasteiger partial charge < -0.3 is 10.1 Å². The van der Waals surface area contributed by atoms with Crippen molar-refractivity contribution in [3.63, 3.8) is 0 Å². The Balaban J connectivity index is 2.91. The van der Waals surface area contributed by atoms with Gasteiger partial charge in [-0.3, -0.25) is 4.68 Å². The first-order valence-electron chi connectivity index (χ1n) is 5.31. The number of rotatable bonds is 5. The zero-order valence-corrected chi connectivity index (χ0v) is 10.2. The summed E-state index contributed by atoms with van der Waals surface area (Å²) in [6.07, 6.45) is 0.0694. The van der Waals surface area contributed by atoms with Crippen LogP contribution in [0.15, 0.2) is 6.07 Å². The van der Waals surface area contributed by atoms with E-state index in [1.807, 2.05) is 18.8 Å². The van der Waals surface area contributed by atoms with Crippen LogP contribution < -0.4 is 5.32 Å². The highest BCUT2D eigenvalue weighted by atomic mass is 16.5. The minimum atomic E-state index is 0.0694. The highest BCUT2D eigenvalue weighted by molar-refractivity contribution is 5.16. The van der Waals surface area contributed by atoms with Crippen molar-refractivity contribution >= 4 is 0 Å². The van der Waals surface area contributed by atoms with E-state index in [9.17, 15) is 0 Å². The summed E-state index contributed by atoms with van der Waals surface area (Å²) in [7, 11) is 5.61. The summed E-state index contributed by atoms with van der Waals surface area (Å²) in [4.78, 5) is 0. The topological polar surface area (TPSA) is 39.1 Å². The van der Waals surface area contributed by atoms with Gasteiger partial charge in [-0.15, -0.1) is 0 Å². The molecule has 0 amide bonds. The quantitative estimate of drug-likeness (QED) is 0.801. The van der Waals surface area contributed by atoms with Crippen LogP contribution >= 0.6 is 0 Å². The van der Waals surface area contributed by atoms with Gasteiger partial charge >= 0.3 is 0 Å². The first-order valence-corrected chi connectivity index (χ1v) is 5.31. The van der Waals surface area contributed by atoms with Crippen molar-refractivity contribution in [3.8, 4) is 0 Å². The Morgan fingerprint density at radius 2 is 2.20 bits per heavy atom. The van der Waals surface area contributed by atoms with Crippen molar-refractivity contribution in [2.45, 2.75) is 25.9 Å². The molecule has 0 aromatic carbocycles. The van der Waals surface area contributed by atoms with E-state index >= 15 is 0 Å². The van der Waals surface area contributed by atoms with Gasteiger partial charge in [-0.05, 0) is 19.0 Å². The van der Waals surface area contributed by atoms with Crippen LogP contribution in [0.2, 0.25) is 0 Å². The maximum Gasteiger partial charge on any atom is 0.111 e. The largest absolute Gasteiger partial charge is 0.374 e. The fourth-order valence-electron chi connectivity index (χ4n) is 1.58. The van der Waals surface area contributed by atoms with Crippen LogP contribution in [0.1, 0.15) is 37.3 Å². The number of aromatic nitrogens is 2. The Bertz CT molecular complexity index is 307. The van der Waals surface area contributed by atoms with Gasteiger partial charge in [-0.2, -0.15) is 5.10 Å². The van der Waals surface area contributed by atoms with Crippen LogP contribution in [0, 0.1) is 0 Å². The summed E-state index contributed by atoms with van der Waals surface area (Å²) >= 11 is 0. The Kier molecular flexibility index (Phi) is 4.29. The minimum absolute atomic E-state index is 0.0694. The number of likely N-dealkylation sites (N-methyl/N-ethyl adjacent to an activating group) is 1. The number of methoxy groups -OCH3 is 1. The molecule has 1 unspecified atom stereocenters. The fourth-order valence-corrected chi connectivity index (χ4v) is 1.58. The van der Waals surface area contributed by atoms with Gasteiger partial charge in [0.1, 0.15) is 6.10 Å². The summed E-state index contributed by atoms with van der Waals surface area (Å²) in [5, 5.41) is 7.59. The smallest absolute Gasteiger partial charge is 0.111 e. The van der Waals surface area contributed by atoms with E-state index in [4.69, 9.17) is 4.74 Å². The lowest BCUT2D eigenvalue weighted by molar-refractivity contribution is 0.0972. The van der Waals surface area contributed by atoms with Crippen molar-refractivity contribution in [2.75, 3.05) is 20.7 Å². The number of hydrogen-bond donors (Lipinski definition) is 1. The Labute approximate surface area is 91.6 Å². The first kappa shape index (κ1) is 12.2. The maximum absolute atomic E-state index is 5.43. The van der Waals surface area contributed by atoms with Crippen LogP contribution in [0.25, 0.3) is 0 Å². The average molecular weight is 211 g/mol. The van der Waals surface area contributed by atoms with Gasteiger partial charge in [0.2, 0.25) is 0 Å². The lowest BCUT2D eigenvalue weighted by atomic mass is 10.1. The number of ether oxygens (including phenoxy) is 1. The van der Waals surface area contributed by atoms with Crippen LogP contribution in [0.3, 0.4) is 0 Å². The molecule has 0 saturated heterocycles. The van der Waals surface area contributed by atoms with Crippen LogP contribution in [-0.4, -0.2) is 30.5 Å². The van der Waals surface area contributed by atoms with Gasteiger partial charge in [0, 0.05) is 20.7 Å². The zero-order valence-electron chi connectivity index (χ0n) is 10.2. The Morgan fingerprint density at radius 3 is 2.60 bits per heavy atom. The van der Waals surface area contributed by atoms with Crippen molar-refractivity contribution in [1.29, 1.82) is 0 Å². The summed E-state index contributed by atoms with van der Waals surface area (Å²) in [6, 6.07) is 2.12. The van der Waals surface area contributed by atoms with Gasteiger partial charge in [0.15, 0.2) is 0 Å². The molecule has 0 aliphatic heterocycles. The standard InChI is InChI=1S/C11H21N3O/c1-8(2)9-6-10(14(4)13-9)11(15-5)7-12-3/h6,8,11-12H,7H2,1-5H3.